The van der Waals surface area contributed by atoms with Gasteiger partial charge in [0.1, 0.15) is 5.82 Å². The molecule has 3 aromatic rings. The first-order chi connectivity index (χ1) is 13.2. The molecule has 0 unspecified atom stereocenters. The lowest BCUT2D eigenvalue weighted by Crippen LogP contribution is -2.42. The van der Waals surface area contributed by atoms with Crippen molar-refractivity contribution in [2.75, 3.05) is 0 Å². The van der Waals surface area contributed by atoms with Crippen molar-refractivity contribution in [3.63, 3.8) is 0 Å². The molecule has 28 heavy (non-hydrogen) atoms. The molecule has 0 aliphatic carbocycles. The van der Waals surface area contributed by atoms with Gasteiger partial charge in [0, 0.05) is 12.6 Å². The molecule has 0 saturated heterocycles. The lowest BCUT2D eigenvalue weighted by molar-refractivity contribution is 0.533. The fourth-order valence-corrected chi connectivity index (χ4v) is 3.85. The van der Waals surface area contributed by atoms with E-state index in [2.05, 4.69) is 4.99 Å². The zero-order valence-corrected chi connectivity index (χ0v) is 16.0. The zero-order valence-electron chi connectivity index (χ0n) is 15.1. The number of hydrogen-bond donors (Lipinski definition) is 0. The third kappa shape index (κ3) is 3.65. The molecule has 3 rings (SSSR count). The van der Waals surface area contributed by atoms with Gasteiger partial charge in [-0.3, -0.25) is 9.56 Å². The van der Waals surface area contributed by atoms with Crippen LogP contribution in [0.1, 0.15) is 11.1 Å². The maximum Gasteiger partial charge on any atom is 0.343 e. The maximum absolute atomic E-state index is 14.6. The van der Waals surface area contributed by atoms with Gasteiger partial charge in [0.25, 0.3) is 10.0 Å². The largest absolute Gasteiger partial charge is 0.343 e. The van der Waals surface area contributed by atoms with Gasteiger partial charge in [-0.15, -0.1) is 0 Å². The number of hydrogen-bond acceptors (Lipinski definition) is 4. The van der Waals surface area contributed by atoms with Crippen molar-refractivity contribution < 1.29 is 17.2 Å². The topological polar surface area (TPSA) is 73.4 Å². The van der Waals surface area contributed by atoms with Gasteiger partial charge in [-0.05, 0) is 25.1 Å². The van der Waals surface area contributed by atoms with Crippen molar-refractivity contribution in [2.24, 2.45) is 12.0 Å². The standard InChI is InChI=1S/C19H17F2N3O3S/c1-13-7-9-15(10-8-13)28(26,27)24-12-17(21)18(23(2)19(24)25)22-11-14-5-3-4-6-16(14)20/h3-10,12H,11H2,1-2H3. The van der Waals surface area contributed by atoms with Crippen LogP contribution in [-0.4, -0.2) is 17.0 Å². The summed E-state index contributed by atoms with van der Waals surface area (Å²) >= 11 is 0. The van der Waals surface area contributed by atoms with E-state index in [4.69, 9.17) is 0 Å². The van der Waals surface area contributed by atoms with E-state index in [0.717, 1.165) is 10.1 Å². The van der Waals surface area contributed by atoms with Crippen LogP contribution in [0, 0.1) is 18.6 Å². The summed E-state index contributed by atoms with van der Waals surface area (Å²) in [6.45, 7) is 1.58. The van der Waals surface area contributed by atoms with E-state index in [-0.39, 0.29) is 22.5 Å². The maximum atomic E-state index is 14.6. The molecular weight excluding hydrogens is 388 g/mol. The van der Waals surface area contributed by atoms with Crippen LogP contribution in [0.25, 0.3) is 0 Å². The average molecular weight is 405 g/mol. The Morgan fingerprint density at radius 3 is 2.29 bits per heavy atom. The normalized spacial score (nSPS) is 12.4. The summed E-state index contributed by atoms with van der Waals surface area (Å²) in [5, 5.41) is 0. The van der Waals surface area contributed by atoms with E-state index in [9.17, 15) is 22.0 Å². The van der Waals surface area contributed by atoms with E-state index in [1.165, 1.54) is 37.4 Å². The molecule has 0 bridgehead atoms. The van der Waals surface area contributed by atoms with Gasteiger partial charge in [-0.25, -0.2) is 22.0 Å². The van der Waals surface area contributed by atoms with E-state index in [1.54, 1.807) is 25.1 Å². The number of nitrogens with zero attached hydrogens (tertiary/aromatic N) is 3. The van der Waals surface area contributed by atoms with Gasteiger partial charge >= 0.3 is 5.69 Å². The van der Waals surface area contributed by atoms with Crippen molar-refractivity contribution in [3.8, 4) is 0 Å². The highest BCUT2D eigenvalue weighted by Crippen LogP contribution is 2.13. The number of benzene rings is 2. The quantitative estimate of drug-likeness (QED) is 0.667. The second-order valence-corrected chi connectivity index (χ2v) is 7.98. The SMILES string of the molecule is Cc1ccc(S(=O)(=O)n2cc(F)c(=NCc3ccccc3F)n(C)c2=O)cc1. The van der Waals surface area contributed by atoms with Crippen LogP contribution in [0.15, 0.2) is 69.4 Å². The molecule has 1 heterocycles. The molecule has 146 valence electrons. The van der Waals surface area contributed by atoms with Gasteiger partial charge < -0.3 is 0 Å². The summed E-state index contributed by atoms with van der Waals surface area (Å²) < 4.78 is 54.8. The van der Waals surface area contributed by atoms with Crippen LogP contribution >= 0.6 is 0 Å². The number of aryl methyl sites for hydroxylation is 1. The molecule has 0 amide bonds. The smallest absolute Gasteiger partial charge is 0.278 e. The van der Waals surface area contributed by atoms with E-state index in [0.29, 0.717) is 10.2 Å². The van der Waals surface area contributed by atoms with Crippen molar-refractivity contribution >= 4 is 10.0 Å². The molecule has 0 fully saturated rings. The van der Waals surface area contributed by atoms with Gasteiger partial charge in [0.2, 0.25) is 0 Å². The molecule has 0 N–H and O–H groups in total. The Bertz CT molecular complexity index is 1260. The molecule has 0 aliphatic rings. The Labute approximate surface area is 160 Å². The summed E-state index contributed by atoms with van der Waals surface area (Å²) in [5.41, 5.74) is -0.304. The molecular formula is C19H17F2N3O3S. The van der Waals surface area contributed by atoms with Crippen LogP contribution in [-0.2, 0) is 23.6 Å². The second kappa shape index (κ2) is 7.51. The lowest BCUT2D eigenvalue weighted by atomic mass is 10.2. The average Bonchev–Trinajstić information content (AvgIpc) is 2.66. The van der Waals surface area contributed by atoms with Crippen LogP contribution in [0.2, 0.25) is 0 Å². The van der Waals surface area contributed by atoms with Crippen molar-refractivity contribution in [1.29, 1.82) is 0 Å². The van der Waals surface area contributed by atoms with Gasteiger partial charge in [0.05, 0.1) is 17.6 Å². The molecule has 0 spiro atoms. The summed E-state index contributed by atoms with van der Waals surface area (Å²) in [4.78, 5) is 16.4. The predicted molar refractivity (Wildman–Crippen MR) is 99.1 cm³/mol. The third-order valence-corrected chi connectivity index (χ3v) is 5.82. The van der Waals surface area contributed by atoms with Gasteiger partial charge in [-0.1, -0.05) is 35.9 Å². The Hall–Kier alpha value is -3.07. The highest BCUT2D eigenvalue weighted by molar-refractivity contribution is 7.90. The summed E-state index contributed by atoms with van der Waals surface area (Å²) in [6.07, 6.45) is 0.581. The highest BCUT2D eigenvalue weighted by Gasteiger charge is 2.21. The fourth-order valence-electron chi connectivity index (χ4n) is 2.58. The first-order valence-corrected chi connectivity index (χ1v) is 9.70. The summed E-state index contributed by atoms with van der Waals surface area (Å²) in [5.74, 6) is -1.53. The van der Waals surface area contributed by atoms with Crippen molar-refractivity contribution in [2.45, 2.75) is 18.4 Å². The highest BCUT2D eigenvalue weighted by atomic mass is 32.2. The number of halogens is 2. The molecule has 1 aromatic heterocycles. The van der Waals surface area contributed by atoms with Gasteiger partial charge in [-0.2, -0.15) is 3.97 Å². The molecule has 0 radical (unpaired) electrons. The zero-order chi connectivity index (χ0) is 20.5. The van der Waals surface area contributed by atoms with Gasteiger partial charge in [0.15, 0.2) is 11.3 Å². The molecule has 0 aliphatic heterocycles. The Morgan fingerprint density at radius 1 is 1.00 bits per heavy atom. The van der Waals surface area contributed by atoms with Crippen LogP contribution in [0.4, 0.5) is 8.78 Å². The Balaban J connectivity index is 2.11. The minimum Gasteiger partial charge on any atom is -0.278 e. The van der Waals surface area contributed by atoms with Crippen LogP contribution in [0.3, 0.4) is 0 Å². The molecule has 6 nitrogen and oxygen atoms in total. The molecule has 0 atom stereocenters. The summed E-state index contributed by atoms with van der Waals surface area (Å²) in [7, 11) is -3.08. The summed E-state index contributed by atoms with van der Waals surface area (Å²) in [6, 6.07) is 11.7. The minimum absolute atomic E-state index is 0.143. The molecule has 2 aromatic carbocycles. The lowest BCUT2D eigenvalue weighted by Gasteiger charge is -2.10. The Morgan fingerprint density at radius 2 is 1.64 bits per heavy atom. The van der Waals surface area contributed by atoms with Crippen LogP contribution < -0.4 is 11.2 Å². The molecule has 0 saturated carbocycles. The fraction of sp³-hybridized carbons (Fsp3) is 0.158. The third-order valence-electron chi connectivity index (χ3n) is 4.17. The first-order valence-electron chi connectivity index (χ1n) is 8.26. The van der Waals surface area contributed by atoms with E-state index >= 15 is 0 Å². The molecule has 9 heteroatoms. The van der Waals surface area contributed by atoms with Crippen molar-refractivity contribution in [3.05, 3.63) is 93.5 Å². The minimum atomic E-state index is -4.28. The van der Waals surface area contributed by atoms with E-state index < -0.39 is 27.3 Å². The first kappa shape index (κ1) is 19.7. The van der Waals surface area contributed by atoms with Crippen molar-refractivity contribution in [1.82, 2.24) is 8.54 Å². The monoisotopic (exact) mass is 405 g/mol. The van der Waals surface area contributed by atoms with Crippen LogP contribution in [0.5, 0.6) is 0 Å². The predicted octanol–water partition coefficient (Wildman–Crippen LogP) is 2.11. The Kier molecular flexibility index (Phi) is 5.28. The second-order valence-electron chi connectivity index (χ2n) is 6.16. The number of aromatic nitrogens is 2. The van der Waals surface area contributed by atoms with E-state index in [1.807, 2.05) is 0 Å². The number of rotatable bonds is 4.